The van der Waals surface area contributed by atoms with Crippen molar-refractivity contribution < 1.29 is 14.3 Å². The van der Waals surface area contributed by atoms with Crippen molar-refractivity contribution >= 4 is 6.09 Å². The van der Waals surface area contributed by atoms with Gasteiger partial charge in [0, 0.05) is 18.2 Å². The summed E-state index contributed by atoms with van der Waals surface area (Å²) in [6.07, 6.45) is -0.456. The number of carbonyl (C=O) groups excluding carboxylic acids is 1. The molecule has 154 valence electrons. The van der Waals surface area contributed by atoms with Gasteiger partial charge in [0.2, 0.25) is 0 Å². The molecule has 0 unspecified atom stereocenters. The maximum absolute atomic E-state index is 11.8. The summed E-state index contributed by atoms with van der Waals surface area (Å²) in [4.78, 5) is 11.8. The lowest BCUT2D eigenvalue weighted by molar-refractivity contribution is 0.0523. The molecule has 1 heterocycles. The topological polar surface area (TPSA) is 89.2 Å². The summed E-state index contributed by atoms with van der Waals surface area (Å²) in [6.45, 7) is 5.82. The summed E-state index contributed by atoms with van der Waals surface area (Å²) in [6, 6.07) is 19.0. The molecule has 3 rings (SSSR count). The van der Waals surface area contributed by atoms with Crippen LogP contribution in [-0.2, 0) is 11.3 Å². The van der Waals surface area contributed by atoms with Crippen molar-refractivity contribution in [2.45, 2.75) is 32.9 Å². The molecule has 0 bridgehead atoms. The Hall–Kier alpha value is -3.79. The number of hydrogen-bond donors (Lipinski definition) is 1. The van der Waals surface area contributed by atoms with E-state index >= 15 is 0 Å². The number of nitrogens with one attached hydrogen (secondary N) is 1. The van der Waals surface area contributed by atoms with E-state index < -0.39 is 11.7 Å². The van der Waals surface area contributed by atoms with Crippen molar-refractivity contribution in [2.75, 3.05) is 7.11 Å². The second kappa shape index (κ2) is 8.70. The molecule has 7 nitrogen and oxygen atoms in total. The highest BCUT2D eigenvalue weighted by molar-refractivity contribution is 5.68. The fourth-order valence-electron chi connectivity index (χ4n) is 2.84. The number of nitriles is 1. The standard InChI is InChI=1S/C23H24N4O3/c1-23(2,3)30-22(28)25-15-16-5-7-17(8-6-16)21-13-18(14-24)26-27(21)19-9-11-20(29-4)12-10-19/h5-13H,15H2,1-4H3,(H,25,28). The normalized spacial score (nSPS) is 10.9. The predicted molar refractivity (Wildman–Crippen MR) is 113 cm³/mol. The minimum Gasteiger partial charge on any atom is -0.497 e. The number of aromatic nitrogens is 2. The minimum absolute atomic E-state index is 0.330. The van der Waals surface area contributed by atoms with Gasteiger partial charge in [0.1, 0.15) is 17.4 Å². The molecule has 0 aliphatic heterocycles. The molecule has 0 fully saturated rings. The molecular formula is C23H24N4O3. The van der Waals surface area contributed by atoms with Crippen molar-refractivity contribution in [3.8, 4) is 28.8 Å². The van der Waals surface area contributed by atoms with E-state index in [9.17, 15) is 10.1 Å². The van der Waals surface area contributed by atoms with Gasteiger partial charge in [0.25, 0.3) is 0 Å². The Morgan fingerprint density at radius 1 is 1.13 bits per heavy atom. The van der Waals surface area contributed by atoms with E-state index in [1.165, 1.54) is 0 Å². The molecule has 1 aromatic heterocycles. The van der Waals surface area contributed by atoms with Gasteiger partial charge in [-0.3, -0.25) is 0 Å². The first kappa shape index (κ1) is 20.9. The average Bonchev–Trinajstić information content (AvgIpc) is 3.16. The highest BCUT2D eigenvalue weighted by atomic mass is 16.6. The zero-order valence-corrected chi connectivity index (χ0v) is 17.5. The summed E-state index contributed by atoms with van der Waals surface area (Å²) < 4.78 is 12.2. The maximum atomic E-state index is 11.8. The van der Waals surface area contributed by atoms with E-state index in [4.69, 9.17) is 9.47 Å². The van der Waals surface area contributed by atoms with Gasteiger partial charge in [-0.1, -0.05) is 24.3 Å². The van der Waals surface area contributed by atoms with Crippen molar-refractivity contribution in [1.82, 2.24) is 15.1 Å². The van der Waals surface area contributed by atoms with Crippen LogP contribution in [0.4, 0.5) is 4.79 Å². The van der Waals surface area contributed by atoms with Crippen molar-refractivity contribution in [3.05, 3.63) is 65.9 Å². The largest absolute Gasteiger partial charge is 0.497 e. The van der Waals surface area contributed by atoms with Gasteiger partial charge in [-0.05, 0) is 50.6 Å². The van der Waals surface area contributed by atoms with Gasteiger partial charge < -0.3 is 14.8 Å². The lowest BCUT2D eigenvalue weighted by Gasteiger charge is -2.19. The molecule has 7 heteroatoms. The molecule has 3 aromatic rings. The number of nitrogens with zero attached hydrogens (tertiary/aromatic N) is 3. The molecule has 0 atom stereocenters. The van der Waals surface area contributed by atoms with Crippen LogP contribution in [0.15, 0.2) is 54.6 Å². The highest BCUT2D eigenvalue weighted by Gasteiger charge is 2.16. The monoisotopic (exact) mass is 404 g/mol. The molecule has 30 heavy (non-hydrogen) atoms. The summed E-state index contributed by atoms with van der Waals surface area (Å²) >= 11 is 0. The molecule has 0 radical (unpaired) electrons. The Kier molecular flexibility index (Phi) is 6.07. The minimum atomic E-state index is -0.535. The number of alkyl carbamates (subject to hydrolysis) is 1. The molecule has 0 aliphatic carbocycles. The molecule has 0 aliphatic rings. The lowest BCUT2D eigenvalue weighted by atomic mass is 10.1. The molecule has 1 N–H and O–H groups in total. The quantitative estimate of drug-likeness (QED) is 0.679. The second-order valence-electron chi connectivity index (χ2n) is 7.69. The Labute approximate surface area is 175 Å². The molecule has 0 saturated heterocycles. The third-order valence-corrected chi connectivity index (χ3v) is 4.23. The van der Waals surface area contributed by atoms with Crippen LogP contribution in [-0.4, -0.2) is 28.6 Å². The van der Waals surface area contributed by atoms with Crippen molar-refractivity contribution in [2.24, 2.45) is 0 Å². The summed E-state index contributed by atoms with van der Waals surface area (Å²) in [5, 5.41) is 16.4. The van der Waals surface area contributed by atoms with Gasteiger partial charge in [-0.25, -0.2) is 9.48 Å². The molecule has 0 saturated carbocycles. The molecule has 2 aromatic carbocycles. The highest BCUT2D eigenvalue weighted by Crippen LogP contribution is 2.25. The van der Waals surface area contributed by atoms with E-state index in [-0.39, 0.29) is 0 Å². The summed E-state index contributed by atoms with van der Waals surface area (Å²) in [5.74, 6) is 0.745. The Bertz CT molecular complexity index is 1060. The fraction of sp³-hybridized carbons (Fsp3) is 0.261. The number of methoxy groups -OCH3 is 1. The van der Waals surface area contributed by atoms with Crippen LogP contribution in [0, 0.1) is 11.3 Å². The lowest BCUT2D eigenvalue weighted by Crippen LogP contribution is -2.32. The molecule has 1 amide bonds. The van der Waals surface area contributed by atoms with Crippen molar-refractivity contribution in [3.63, 3.8) is 0 Å². The Balaban J connectivity index is 1.80. The Morgan fingerprint density at radius 2 is 1.80 bits per heavy atom. The first-order valence-corrected chi connectivity index (χ1v) is 9.50. The van der Waals surface area contributed by atoms with Crippen LogP contribution < -0.4 is 10.1 Å². The number of ether oxygens (including phenoxy) is 2. The predicted octanol–water partition coefficient (Wildman–Crippen LogP) is 4.44. The third-order valence-electron chi connectivity index (χ3n) is 4.23. The Morgan fingerprint density at radius 3 is 2.37 bits per heavy atom. The van der Waals surface area contributed by atoms with Crippen LogP contribution in [0.5, 0.6) is 5.75 Å². The van der Waals surface area contributed by atoms with E-state index in [2.05, 4.69) is 16.5 Å². The number of carbonyl (C=O) groups is 1. The van der Waals surface area contributed by atoms with Gasteiger partial charge >= 0.3 is 6.09 Å². The smallest absolute Gasteiger partial charge is 0.407 e. The van der Waals surface area contributed by atoms with Crippen LogP contribution in [0.25, 0.3) is 16.9 Å². The van der Waals surface area contributed by atoms with Gasteiger partial charge in [-0.15, -0.1) is 0 Å². The average molecular weight is 404 g/mol. The van der Waals surface area contributed by atoms with E-state index in [0.29, 0.717) is 12.2 Å². The number of amides is 1. The second-order valence-corrected chi connectivity index (χ2v) is 7.69. The maximum Gasteiger partial charge on any atom is 0.407 e. The molecule has 0 spiro atoms. The van der Waals surface area contributed by atoms with Crippen LogP contribution in [0.1, 0.15) is 32.0 Å². The van der Waals surface area contributed by atoms with Crippen LogP contribution >= 0.6 is 0 Å². The zero-order valence-electron chi connectivity index (χ0n) is 17.5. The number of hydrogen-bond acceptors (Lipinski definition) is 5. The number of rotatable bonds is 5. The summed E-state index contributed by atoms with van der Waals surface area (Å²) in [5.41, 5.74) is 3.25. The first-order valence-electron chi connectivity index (χ1n) is 9.50. The zero-order chi connectivity index (χ0) is 21.7. The van der Waals surface area contributed by atoms with E-state index in [1.807, 2.05) is 69.3 Å². The first-order chi connectivity index (χ1) is 14.3. The molecular weight excluding hydrogens is 380 g/mol. The van der Waals surface area contributed by atoms with Crippen LogP contribution in [0.3, 0.4) is 0 Å². The number of benzene rings is 2. The summed E-state index contributed by atoms with van der Waals surface area (Å²) in [7, 11) is 1.61. The van der Waals surface area contributed by atoms with Gasteiger partial charge in [0.15, 0.2) is 5.69 Å². The third kappa shape index (κ3) is 5.17. The van der Waals surface area contributed by atoms with Crippen molar-refractivity contribution in [1.29, 1.82) is 5.26 Å². The van der Waals surface area contributed by atoms with E-state index in [0.717, 1.165) is 28.3 Å². The van der Waals surface area contributed by atoms with E-state index in [1.54, 1.807) is 17.9 Å². The SMILES string of the molecule is COc1ccc(-n2nc(C#N)cc2-c2ccc(CNC(=O)OC(C)(C)C)cc2)cc1. The van der Waals surface area contributed by atoms with Crippen LogP contribution in [0.2, 0.25) is 0 Å². The van der Waals surface area contributed by atoms with Gasteiger partial charge in [0.05, 0.1) is 18.5 Å². The fourth-order valence-corrected chi connectivity index (χ4v) is 2.84. The van der Waals surface area contributed by atoms with Gasteiger partial charge in [-0.2, -0.15) is 10.4 Å².